The quantitative estimate of drug-likeness (QED) is 0.781. The Balaban J connectivity index is 2.51. The van der Waals surface area contributed by atoms with Crippen LogP contribution in [-0.2, 0) is 0 Å². The summed E-state index contributed by atoms with van der Waals surface area (Å²) in [5.74, 6) is -0.122. The van der Waals surface area contributed by atoms with Crippen LogP contribution in [-0.4, -0.2) is 15.6 Å². The van der Waals surface area contributed by atoms with Gasteiger partial charge in [0.05, 0.1) is 22.5 Å². The smallest absolute Gasteiger partial charge is 0.216 e. The molecular formula is C11H10Br2N2O2. The van der Waals surface area contributed by atoms with Crippen LogP contribution in [0.25, 0.3) is 0 Å². The fourth-order valence-electron chi connectivity index (χ4n) is 1.53. The van der Waals surface area contributed by atoms with Crippen molar-refractivity contribution in [3.05, 3.63) is 38.9 Å². The van der Waals surface area contributed by atoms with Gasteiger partial charge in [-0.3, -0.25) is 9.48 Å². The highest BCUT2D eigenvalue weighted by atomic mass is 79.9. The van der Waals surface area contributed by atoms with Crippen molar-refractivity contribution in [1.29, 1.82) is 0 Å². The Hall–Kier alpha value is -0.880. The van der Waals surface area contributed by atoms with Crippen molar-refractivity contribution in [3.8, 4) is 0 Å². The number of carbonyl (C=O) groups is 1. The van der Waals surface area contributed by atoms with Crippen molar-refractivity contribution in [3.63, 3.8) is 0 Å². The lowest BCUT2D eigenvalue weighted by Crippen LogP contribution is -2.13. The second-order valence-corrected chi connectivity index (χ2v) is 5.39. The van der Waals surface area contributed by atoms with E-state index in [0.29, 0.717) is 20.4 Å². The maximum absolute atomic E-state index is 12.4. The predicted octanol–water partition coefficient (Wildman–Crippen LogP) is 3.81. The molecule has 0 aliphatic carbocycles. The molecule has 2 aromatic heterocycles. The standard InChI is InChI=1S/C11H10Br2N2O2/c1-6(2)15-9(8(12)5-14-15)10(16)7-3-4-17-11(7)13/h3-6H,1-2H3. The van der Waals surface area contributed by atoms with E-state index in [0.717, 1.165) is 0 Å². The van der Waals surface area contributed by atoms with E-state index in [1.54, 1.807) is 16.9 Å². The highest BCUT2D eigenvalue weighted by molar-refractivity contribution is 9.10. The Morgan fingerprint density at radius 1 is 1.47 bits per heavy atom. The molecule has 17 heavy (non-hydrogen) atoms. The second kappa shape index (κ2) is 4.78. The normalized spacial score (nSPS) is 11.1. The Bertz CT molecular complexity index is 558. The van der Waals surface area contributed by atoms with Gasteiger partial charge in [-0.05, 0) is 51.8 Å². The van der Waals surface area contributed by atoms with Crippen LogP contribution in [0, 0.1) is 0 Å². The molecule has 0 N–H and O–H groups in total. The van der Waals surface area contributed by atoms with E-state index in [1.165, 1.54) is 6.26 Å². The molecule has 0 radical (unpaired) electrons. The third kappa shape index (κ3) is 2.24. The number of carbonyl (C=O) groups excluding carboxylic acids is 1. The molecule has 0 aliphatic rings. The molecule has 0 aromatic carbocycles. The molecule has 0 unspecified atom stereocenters. The lowest BCUT2D eigenvalue weighted by atomic mass is 10.1. The summed E-state index contributed by atoms with van der Waals surface area (Å²) in [6.07, 6.45) is 3.10. The fraction of sp³-hybridized carbons (Fsp3) is 0.273. The first kappa shape index (κ1) is 12.6. The molecule has 0 saturated heterocycles. The molecule has 90 valence electrons. The first-order valence-corrected chi connectivity index (χ1v) is 6.61. The zero-order chi connectivity index (χ0) is 12.6. The molecule has 2 rings (SSSR count). The predicted molar refractivity (Wildman–Crippen MR) is 70.2 cm³/mol. The summed E-state index contributed by atoms with van der Waals surface area (Å²) >= 11 is 6.55. The number of furan rings is 1. The molecule has 2 aromatic rings. The van der Waals surface area contributed by atoms with Gasteiger partial charge in [0, 0.05) is 6.04 Å². The third-order valence-electron chi connectivity index (χ3n) is 2.32. The minimum atomic E-state index is -0.122. The zero-order valence-electron chi connectivity index (χ0n) is 9.28. The van der Waals surface area contributed by atoms with Gasteiger partial charge in [0.1, 0.15) is 5.69 Å². The van der Waals surface area contributed by atoms with Crippen molar-refractivity contribution < 1.29 is 9.21 Å². The minimum absolute atomic E-state index is 0.117. The fourth-order valence-corrected chi connectivity index (χ4v) is 2.40. The summed E-state index contributed by atoms with van der Waals surface area (Å²) in [7, 11) is 0. The average molecular weight is 362 g/mol. The first-order valence-electron chi connectivity index (χ1n) is 5.03. The maximum Gasteiger partial charge on any atom is 0.216 e. The van der Waals surface area contributed by atoms with Crippen LogP contribution >= 0.6 is 31.9 Å². The van der Waals surface area contributed by atoms with Crippen LogP contribution in [0.5, 0.6) is 0 Å². The van der Waals surface area contributed by atoms with Gasteiger partial charge in [-0.1, -0.05) is 0 Å². The Morgan fingerprint density at radius 2 is 2.18 bits per heavy atom. The van der Waals surface area contributed by atoms with Crippen LogP contribution in [0.2, 0.25) is 0 Å². The lowest BCUT2D eigenvalue weighted by molar-refractivity contribution is 0.102. The number of aromatic nitrogens is 2. The van der Waals surface area contributed by atoms with Gasteiger partial charge < -0.3 is 4.42 Å². The van der Waals surface area contributed by atoms with Gasteiger partial charge in [-0.15, -0.1) is 0 Å². The van der Waals surface area contributed by atoms with Crippen molar-refractivity contribution in [2.24, 2.45) is 0 Å². The number of ketones is 1. The molecule has 0 amide bonds. The van der Waals surface area contributed by atoms with Crippen LogP contribution in [0.1, 0.15) is 35.9 Å². The minimum Gasteiger partial charge on any atom is -0.457 e. The van der Waals surface area contributed by atoms with Gasteiger partial charge in [0.2, 0.25) is 5.78 Å². The number of halogens is 2. The lowest BCUT2D eigenvalue weighted by Gasteiger charge is -2.09. The van der Waals surface area contributed by atoms with E-state index >= 15 is 0 Å². The van der Waals surface area contributed by atoms with E-state index in [1.807, 2.05) is 13.8 Å². The molecule has 0 bridgehead atoms. The Morgan fingerprint density at radius 3 is 2.71 bits per heavy atom. The van der Waals surface area contributed by atoms with Crippen molar-refractivity contribution >= 4 is 37.6 Å². The zero-order valence-corrected chi connectivity index (χ0v) is 12.4. The van der Waals surface area contributed by atoms with E-state index in [9.17, 15) is 4.79 Å². The number of hydrogen-bond acceptors (Lipinski definition) is 3. The van der Waals surface area contributed by atoms with Crippen LogP contribution < -0.4 is 0 Å². The molecule has 0 atom stereocenters. The molecule has 6 heteroatoms. The van der Waals surface area contributed by atoms with Gasteiger partial charge in [0.25, 0.3) is 0 Å². The Labute approximate surface area is 115 Å². The van der Waals surface area contributed by atoms with Crippen molar-refractivity contribution in [1.82, 2.24) is 9.78 Å². The molecule has 4 nitrogen and oxygen atoms in total. The highest BCUT2D eigenvalue weighted by Gasteiger charge is 2.23. The summed E-state index contributed by atoms with van der Waals surface area (Å²) in [5, 5.41) is 4.18. The topological polar surface area (TPSA) is 48.0 Å². The summed E-state index contributed by atoms with van der Waals surface area (Å²) in [4.78, 5) is 12.4. The number of nitrogens with zero attached hydrogens (tertiary/aromatic N) is 2. The summed E-state index contributed by atoms with van der Waals surface area (Å²) in [6.45, 7) is 3.95. The molecule has 0 aliphatic heterocycles. The second-order valence-electron chi connectivity index (χ2n) is 3.82. The van der Waals surface area contributed by atoms with Gasteiger partial charge in [0.15, 0.2) is 4.67 Å². The Kier molecular flexibility index (Phi) is 3.53. The largest absolute Gasteiger partial charge is 0.457 e. The average Bonchev–Trinajstić information content (AvgIpc) is 2.83. The van der Waals surface area contributed by atoms with Crippen molar-refractivity contribution in [2.45, 2.75) is 19.9 Å². The SMILES string of the molecule is CC(C)n1ncc(Br)c1C(=O)c1ccoc1Br. The molecule has 0 spiro atoms. The maximum atomic E-state index is 12.4. The third-order valence-corrected chi connectivity index (χ3v) is 3.51. The van der Waals surface area contributed by atoms with Gasteiger partial charge in [-0.25, -0.2) is 0 Å². The molecule has 2 heterocycles. The molecule has 0 fully saturated rings. The van der Waals surface area contributed by atoms with Crippen molar-refractivity contribution in [2.75, 3.05) is 0 Å². The van der Waals surface area contributed by atoms with E-state index in [-0.39, 0.29) is 11.8 Å². The number of hydrogen-bond donors (Lipinski definition) is 0. The van der Waals surface area contributed by atoms with E-state index in [4.69, 9.17) is 4.42 Å². The first-order chi connectivity index (χ1) is 8.02. The number of rotatable bonds is 3. The monoisotopic (exact) mass is 360 g/mol. The van der Waals surface area contributed by atoms with E-state index in [2.05, 4.69) is 37.0 Å². The van der Waals surface area contributed by atoms with E-state index < -0.39 is 0 Å². The van der Waals surface area contributed by atoms with Gasteiger partial charge in [-0.2, -0.15) is 5.10 Å². The summed E-state index contributed by atoms with van der Waals surface area (Å²) in [6, 6.07) is 1.75. The highest BCUT2D eigenvalue weighted by Crippen LogP contribution is 2.26. The van der Waals surface area contributed by atoms with Gasteiger partial charge >= 0.3 is 0 Å². The van der Waals surface area contributed by atoms with Crippen LogP contribution in [0.3, 0.4) is 0 Å². The van der Waals surface area contributed by atoms with Crippen LogP contribution in [0.15, 0.2) is 32.1 Å². The molecular weight excluding hydrogens is 352 g/mol. The molecule has 0 saturated carbocycles. The summed E-state index contributed by atoms with van der Waals surface area (Å²) < 4.78 is 7.88. The summed E-state index contributed by atoms with van der Waals surface area (Å²) in [5.41, 5.74) is 1.02. The van der Waals surface area contributed by atoms with Crippen LogP contribution in [0.4, 0.5) is 0 Å².